The summed E-state index contributed by atoms with van der Waals surface area (Å²) in [4.78, 5) is 12.1. The molecule has 0 atom stereocenters. The van der Waals surface area contributed by atoms with E-state index < -0.39 is 11.7 Å². The Hall–Kier alpha value is -2.90. The number of aromatic nitrogens is 2. The molecule has 0 aliphatic carbocycles. The number of halogens is 1. The van der Waals surface area contributed by atoms with Crippen LogP contribution in [0.2, 0.25) is 0 Å². The minimum Gasteiger partial charge on any atom is -0.409 e. The molecule has 0 saturated heterocycles. The maximum Gasteiger partial charge on any atom is 0.273 e. The summed E-state index contributed by atoms with van der Waals surface area (Å²) < 4.78 is 15.0. The molecule has 7 nitrogen and oxygen atoms in total. The largest absolute Gasteiger partial charge is 0.409 e. The highest BCUT2D eigenvalue weighted by Crippen LogP contribution is 2.16. The Labute approximate surface area is 119 Å². The van der Waals surface area contributed by atoms with Gasteiger partial charge in [0, 0.05) is 12.7 Å². The van der Waals surface area contributed by atoms with Crippen molar-refractivity contribution in [2.75, 3.05) is 5.32 Å². The topological polar surface area (TPSA) is 106 Å². The van der Waals surface area contributed by atoms with Crippen LogP contribution in [0.1, 0.15) is 21.7 Å². The van der Waals surface area contributed by atoms with Crippen molar-refractivity contribution in [1.82, 2.24) is 9.78 Å². The molecule has 110 valence electrons. The molecule has 2 rings (SSSR count). The number of nitrogens with zero attached hydrogens (tertiary/aromatic N) is 3. The summed E-state index contributed by atoms with van der Waals surface area (Å²) >= 11 is 0. The van der Waals surface area contributed by atoms with Gasteiger partial charge in [-0.15, -0.1) is 0 Å². The van der Waals surface area contributed by atoms with Gasteiger partial charge in [0.2, 0.25) is 0 Å². The fourth-order valence-electron chi connectivity index (χ4n) is 1.87. The standard InChI is InChI=1S/C13H14FN5O2/c1-7-5-11(19(2)17-7)13(20)16-8-3-4-10(14)9(6-8)12(15)18-21/h3-6,21H,1-2H3,(H2,15,18)(H,16,20). The van der Waals surface area contributed by atoms with Gasteiger partial charge in [-0.3, -0.25) is 9.48 Å². The molecule has 1 aromatic heterocycles. The maximum atomic E-state index is 13.5. The lowest BCUT2D eigenvalue weighted by Crippen LogP contribution is -2.18. The number of nitrogens with two attached hydrogens (primary N) is 1. The minimum atomic E-state index is -0.653. The minimum absolute atomic E-state index is 0.100. The highest BCUT2D eigenvalue weighted by molar-refractivity contribution is 6.04. The van der Waals surface area contributed by atoms with Gasteiger partial charge in [-0.05, 0) is 31.2 Å². The lowest BCUT2D eigenvalue weighted by molar-refractivity contribution is 0.101. The smallest absolute Gasteiger partial charge is 0.273 e. The molecule has 0 spiro atoms. The van der Waals surface area contributed by atoms with Crippen LogP contribution in [-0.4, -0.2) is 26.7 Å². The third-order valence-electron chi connectivity index (χ3n) is 2.84. The van der Waals surface area contributed by atoms with Crippen molar-refractivity contribution in [3.8, 4) is 0 Å². The van der Waals surface area contributed by atoms with Crippen LogP contribution in [0.5, 0.6) is 0 Å². The molecular weight excluding hydrogens is 277 g/mol. The van der Waals surface area contributed by atoms with Gasteiger partial charge in [0.1, 0.15) is 11.5 Å². The van der Waals surface area contributed by atoms with Gasteiger partial charge in [0.25, 0.3) is 5.91 Å². The monoisotopic (exact) mass is 291 g/mol. The van der Waals surface area contributed by atoms with Crippen molar-refractivity contribution in [2.24, 2.45) is 17.9 Å². The molecule has 0 aliphatic heterocycles. The number of benzene rings is 1. The summed E-state index contributed by atoms with van der Waals surface area (Å²) in [6, 6.07) is 5.41. The Bertz CT molecular complexity index is 723. The highest BCUT2D eigenvalue weighted by Gasteiger charge is 2.14. The zero-order valence-corrected chi connectivity index (χ0v) is 11.5. The van der Waals surface area contributed by atoms with E-state index in [1.54, 1.807) is 20.0 Å². The van der Waals surface area contributed by atoms with E-state index in [0.29, 0.717) is 17.1 Å². The highest BCUT2D eigenvalue weighted by atomic mass is 19.1. The molecule has 0 aliphatic rings. The van der Waals surface area contributed by atoms with Crippen LogP contribution in [0.4, 0.5) is 10.1 Å². The fraction of sp³-hybridized carbons (Fsp3) is 0.154. The van der Waals surface area contributed by atoms with Gasteiger partial charge in [0.05, 0.1) is 11.3 Å². The van der Waals surface area contributed by atoms with Crippen LogP contribution in [0.3, 0.4) is 0 Å². The third kappa shape index (κ3) is 2.99. The number of amidine groups is 1. The molecule has 4 N–H and O–H groups in total. The maximum absolute atomic E-state index is 13.5. The van der Waals surface area contributed by atoms with Crippen molar-refractivity contribution in [2.45, 2.75) is 6.92 Å². The Morgan fingerprint density at radius 1 is 1.48 bits per heavy atom. The molecule has 0 radical (unpaired) electrons. The first kappa shape index (κ1) is 14.5. The summed E-state index contributed by atoms with van der Waals surface area (Å²) in [6.45, 7) is 1.77. The van der Waals surface area contributed by atoms with Crippen LogP contribution < -0.4 is 11.1 Å². The van der Waals surface area contributed by atoms with Crippen molar-refractivity contribution in [3.63, 3.8) is 0 Å². The Balaban J connectivity index is 2.28. The Morgan fingerprint density at radius 2 is 2.19 bits per heavy atom. The molecule has 1 aromatic carbocycles. The van der Waals surface area contributed by atoms with E-state index in [1.807, 2.05) is 0 Å². The molecule has 1 amide bonds. The van der Waals surface area contributed by atoms with E-state index >= 15 is 0 Å². The van der Waals surface area contributed by atoms with Gasteiger partial charge in [-0.25, -0.2) is 4.39 Å². The van der Waals surface area contributed by atoms with Crippen LogP contribution in [0, 0.1) is 12.7 Å². The number of aryl methyl sites for hydroxylation is 2. The summed E-state index contributed by atoms with van der Waals surface area (Å²) in [5.74, 6) is -1.42. The van der Waals surface area contributed by atoms with Crippen LogP contribution >= 0.6 is 0 Å². The molecule has 8 heteroatoms. The van der Waals surface area contributed by atoms with Crippen molar-refractivity contribution in [1.29, 1.82) is 0 Å². The van der Waals surface area contributed by atoms with Gasteiger partial charge in [0.15, 0.2) is 5.84 Å². The first-order chi connectivity index (χ1) is 9.92. The van der Waals surface area contributed by atoms with E-state index in [9.17, 15) is 9.18 Å². The number of oxime groups is 1. The van der Waals surface area contributed by atoms with Crippen LogP contribution in [0.25, 0.3) is 0 Å². The molecule has 2 aromatic rings. The molecule has 0 unspecified atom stereocenters. The molecule has 1 heterocycles. The van der Waals surface area contributed by atoms with Gasteiger partial charge < -0.3 is 16.3 Å². The summed E-state index contributed by atoms with van der Waals surface area (Å²) in [7, 11) is 1.65. The lowest BCUT2D eigenvalue weighted by Gasteiger charge is -2.08. The number of nitrogens with one attached hydrogen (secondary N) is 1. The average Bonchev–Trinajstić information content (AvgIpc) is 2.79. The normalized spacial score (nSPS) is 11.5. The second-order valence-electron chi connectivity index (χ2n) is 4.43. The number of anilines is 1. The van der Waals surface area contributed by atoms with Crippen molar-refractivity contribution >= 4 is 17.4 Å². The number of hydrogen-bond donors (Lipinski definition) is 3. The SMILES string of the molecule is Cc1cc(C(=O)Nc2ccc(F)c(C(N)=NO)c2)n(C)n1. The molecular formula is C13H14FN5O2. The lowest BCUT2D eigenvalue weighted by atomic mass is 10.1. The van der Waals surface area contributed by atoms with E-state index in [-0.39, 0.29) is 11.4 Å². The van der Waals surface area contributed by atoms with Crippen molar-refractivity contribution in [3.05, 3.63) is 47.0 Å². The zero-order valence-electron chi connectivity index (χ0n) is 11.5. The first-order valence-corrected chi connectivity index (χ1v) is 6.02. The average molecular weight is 291 g/mol. The summed E-state index contributed by atoms with van der Waals surface area (Å²) in [6.07, 6.45) is 0. The molecule has 0 bridgehead atoms. The van der Waals surface area contributed by atoms with Gasteiger partial charge in [-0.2, -0.15) is 5.10 Å². The number of rotatable bonds is 3. The molecule has 0 fully saturated rings. The number of carbonyl (C=O) groups is 1. The third-order valence-corrected chi connectivity index (χ3v) is 2.84. The Morgan fingerprint density at radius 3 is 2.76 bits per heavy atom. The zero-order chi connectivity index (χ0) is 15.6. The predicted octanol–water partition coefficient (Wildman–Crippen LogP) is 1.21. The predicted molar refractivity (Wildman–Crippen MR) is 74.8 cm³/mol. The number of amides is 1. The second-order valence-corrected chi connectivity index (χ2v) is 4.43. The molecule has 21 heavy (non-hydrogen) atoms. The summed E-state index contributed by atoms with van der Waals surface area (Å²) in [5.41, 5.74) is 6.66. The molecule has 0 saturated carbocycles. The van der Waals surface area contributed by atoms with E-state index in [2.05, 4.69) is 15.6 Å². The second kappa shape index (κ2) is 5.61. The Kier molecular flexibility index (Phi) is 3.88. The van der Waals surface area contributed by atoms with E-state index in [4.69, 9.17) is 10.9 Å². The van der Waals surface area contributed by atoms with E-state index in [1.165, 1.54) is 16.8 Å². The van der Waals surface area contributed by atoms with Crippen molar-refractivity contribution < 1.29 is 14.4 Å². The van der Waals surface area contributed by atoms with E-state index in [0.717, 1.165) is 6.07 Å². The fourth-order valence-corrected chi connectivity index (χ4v) is 1.87. The summed E-state index contributed by atoms with van der Waals surface area (Å²) in [5, 5.41) is 18.0. The number of carbonyl (C=O) groups excluding carboxylic acids is 1. The van der Waals surface area contributed by atoms with Crippen LogP contribution in [0.15, 0.2) is 29.4 Å². The number of hydrogen-bond acceptors (Lipinski definition) is 4. The van der Waals surface area contributed by atoms with Gasteiger partial charge >= 0.3 is 0 Å². The van der Waals surface area contributed by atoms with Crippen LogP contribution in [-0.2, 0) is 7.05 Å². The van der Waals surface area contributed by atoms with Gasteiger partial charge in [-0.1, -0.05) is 5.16 Å². The first-order valence-electron chi connectivity index (χ1n) is 6.02. The quantitative estimate of drug-likeness (QED) is 0.342.